The fraction of sp³-hybridized carbons (Fsp3) is 0.118. The van der Waals surface area contributed by atoms with E-state index in [1.165, 1.54) is 29.1 Å². The van der Waals surface area contributed by atoms with Crippen molar-refractivity contribution in [2.75, 3.05) is 0 Å². The smallest absolute Gasteiger partial charge is 0.296 e. The van der Waals surface area contributed by atoms with Gasteiger partial charge < -0.3 is 4.74 Å². The first-order valence-corrected chi connectivity index (χ1v) is 7.43. The van der Waals surface area contributed by atoms with Gasteiger partial charge in [-0.25, -0.2) is 19.3 Å². The Morgan fingerprint density at radius 3 is 2.81 bits per heavy atom. The van der Waals surface area contributed by atoms with Gasteiger partial charge in [-0.15, -0.1) is 0 Å². The van der Waals surface area contributed by atoms with Gasteiger partial charge in [0.1, 0.15) is 11.6 Å². The van der Waals surface area contributed by atoms with Crippen LogP contribution in [0.15, 0.2) is 46.2 Å². The number of aromatic amines is 1. The molecule has 0 amide bonds. The molecule has 9 heteroatoms. The summed E-state index contributed by atoms with van der Waals surface area (Å²) in [6, 6.07) is 6.26. The van der Waals surface area contributed by atoms with Crippen LogP contribution in [0.3, 0.4) is 0 Å². The number of rotatable bonds is 4. The lowest BCUT2D eigenvalue weighted by Crippen LogP contribution is -2.24. The summed E-state index contributed by atoms with van der Waals surface area (Å²) in [5.74, 6) is -0.704. The molecule has 1 aromatic carbocycles. The highest BCUT2D eigenvalue weighted by Crippen LogP contribution is 2.26. The minimum atomic E-state index is -0.646. The van der Waals surface area contributed by atoms with Crippen molar-refractivity contribution in [3.05, 3.63) is 86.0 Å². The number of aryl methyl sites for hydroxylation is 1. The molecule has 0 unspecified atom stereocenters. The van der Waals surface area contributed by atoms with Gasteiger partial charge in [-0.05, 0) is 25.1 Å². The average molecular weight is 353 g/mol. The fourth-order valence-corrected chi connectivity index (χ4v) is 2.21. The maximum Gasteiger partial charge on any atom is 0.296 e. The van der Waals surface area contributed by atoms with E-state index < -0.39 is 11.4 Å². The quantitative estimate of drug-likeness (QED) is 0.726. The highest BCUT2D eigenvalue weighted by molar-refractivity contribution is 5.50. The van der Waals surface area contributed by atoms with E-state index in [1.54, 1.807) is 6.92 Å². The van der Waals surface area contributed by atoms with Crippen molar-refractivity contribution in [3.63, 3.8) is 0 Å². The molecule has 0 bridgehead atoms. The lowest BCUT2D eigenvalue weighted by Gasteiger charge is -2.11. The van der Waals surface area contributed by atoms with Gasteiger partial charge in [0.2, 0.25) is 5.75 Å². The Balaban J connectivity index is 1.96. The second-order valence-electron chi connectivity index (χ2n) is 5.36. The minimum absolute atomic E-state index is 0.0258. The first-order valence-electron chi connectivity index (χ1n) is 7.43. The van der Waals surface area contributed by atoms with Crippen LogP contribution >= 0.6 is 0 Å². The molecule has 2 aromatic heterocycles. The molecule has 0 saturated heterocycles. The molecule has 0 aliphatic rings. The SMILES string of the molecule is [C-]#[N+]c1cc(F)cc(Oc2c(C)ncn(Cc3ccc(=O)[nH]n3)c2=O)c1. The molecule has 0 saturated carbocycles. The molecule has 130 valence electrons. The Hall–Kier alpha value is -3.80. The Bertz CT molecular complexity index is 1110. The van der Waals surface area contributed by atoms with Crippen molar-refractivity contribution in [1.29, 1.82) is 0 Å². The highest BCUT2D eigenvalue weighted by Gasteiger charge is 2.13. The van der Waals surface area contributed by atoms with Crippen LogP contribution in [-0.2, 0) is 6.54 Å². The maximum atomic E-state index is 13.6. The standard InChI is InChI=1S/C17H12FN5O3/c1-10-16(26-14-6-11(18)5-13(7-14)19-2)17(25)23(9-20-10)8-12-3-4-15(24)22-21-12/h3-7,9H,8H2,1H3,(H,22,24). The maximum absolute atomic E-state index is 13.6. The second kappa shape index (κ2) is 6.98. The molecule has 8 nitrogen and oxygen atoms in total. The van der Waals surface area contributed by atoms with Crippen LogP contribution in [0.1, 0.15) is 11.4 Å². The first kappa shape index (κ1) is 17.0. The van der Waals surface area contributed by atoms with Crippen molar-refractivity contribution in [2.45, 2.75) is 13.5 Å². The lowest BCUT2D eigenvalue weighted by molar-refractivity contribution is 0.454. The Morgan fingerprint density at radius 1 is 1.31 bits per heavy atom. The summed E-state index contributed by atoms with van der Waals surface area (Å²) in [6.45, 7) is 8.61. The minimum Gasteiger partial charge on any atom is -0.451 e. The zero-order valence-corrected chi connectivity index (χ0v) is 13.6. The van der Waals surface area contributed by atoms with E-state index in [2.05, 4.69) is 20.0 Å². The van der Waals surface area contributed by atoms with Crippen LogP contribution < -0.4 is 15.9 Å². The second-order valence-corrected chi connectivity index (χ2v) is 5.36. The van der Waals surface area contributed by atoms with Crippen molar-refractivity contribution < 1.29 is 9.13 Å². The van der Waals surface area contributed by atoms with Crippen LogP contribution in [0.2, 0.25) is 0 Å². The van der Waals surface area contributed by atoms with E-state index in [-0.39, 0.29) is 29.3 Å². The fourth-order valence-electron chi connectivity index (χ4n) is 2.21. The number of hydrogen-bond acceptors (Lipinski definition) is 5. The molecular weight excluding hydrogens is 341 g/mol. The molecule has 0 fully saturated rings. The third kappa shape index (κ3) is 3.64. The van der Waals surface area contributed by atoms with Crippen molar-refractivity contribution in [1.82, 2.24) is 19.7 Å². The van der Waals surface area contributed by atoms with Gasteiger partial charge in [0.15, 0.2) is 5.69 Å². The Morgan fingerprint density at radius 2 is 2.12 bits per heavy atom. The molecule has 0 spiro atoms. The molecule has 0 radical (unpaired) electrons. The Kier molecular flexibility index (Phi) is 4.57. The number of ether oxygens (including phenoxy) is 1. The zero-order chi connectivity index (χ0) is 18.7. The molecular formula is C17H12FN5O3. The molecule has 0 atom stereocenters. The molecule has 26 heavy (non-hydrogen) atoms. The summed E-state index contributed by atoms with van der Waals surface area (Å²) in [6.07, 6.45) is 1.33. The number of hydrogen-bond donors (Lipinski definition) is 1. The van der Waals surface area contributed by atoms with E-state index >= 15 is 0 Å². The number of nitrogens with one attached hydrogen (secondary N) is 1. The predicted molar refractivity (Wildman–Crippen MR) is 89.9 cm³/mol. The van der Waals surface area contributed by atoms with E-state index in [1.807, 2.05) is 0 Å². The summed E-state index contributed by atoms with van der Waals surface area (Å²) in [7, 11) is 0. The normalized spacial score (nSPS) is 10.3. The summed E-state index contributed by atoms with van der Waals surface area (Å²) in [5, 5.41) is 6.12. The summed E-state index contributed by atoms with van der Waals surface area (Å²) >= 11 is 0. The van der Waals surface area contributed by atoms with Gasteiger partial charge in [0, 0.05) is 12.1 Å². The molecule has 3 rings (SSSR count). The zero-order valence-electron chi connectivity index (χ0n) is 13.6. The number of halogens is 1. The van der Waals surface area contributed by atoms with Crippen molar-refractivity contribution in [3.8, 4) is 11.5 Å². The monoisotopic (exact) mass is 353 g/mol. The molecule has 3 aromatic rings. The summed E-state index contributed by atoms with van der Waals surface area (Å²) < 4.78 is 20.3. The predicted octanol–water partition coefficient (Wildman–Crippen LogP) is 2.17. The van der Waals surface area contributed by atoms with E-state index in [4.69, 9.17) is 11.3 Å². The third-order valence-corrected chi connectivity index (χ3v) is 3.45. The average Bonchev–Trinajstić information content (AvgIpc) is 2.62. The lowest BCUT2D eigenvalue weighted by atomic mass is 10.3. The Labute approximate surface area is 146 Å². The van der Waals surface area contributed by atoms with E-state index in [9.17, 15) is 14.0 Å². The summed E-state index contributed by atoms with van der Waals surface area (Å²) in [5.41, 5.74) is -0.0362. The van der Waals surface area contributed by atoms with E-state index in [0.29, 0.717) is 11.4 Å². The molecule has 1 N–H and O–H groups in total. The van der Waals surface area contributed by atoms with Crippen molar-refractivity contribution >= 4 is 5.69 Å². The highest BCUT2D eigenvalue weighted by atomic mass is 19.1. The topological polar surface area (TPSA) is 94.2 Å². The van der Waals surface area contributed by atoms with Gasteiger partial charge in [-0.1, -0.05) is 0 Å². The van der Waals surface area contributed by atoms with Gasteiger partial charge >= 0.3 is 0 Å². The number of benzene rings is 1. The number of H-pyrrole nitrogens is 1. The number of nitrogens with zero attached hydrogens (tertiary/aromatic N) is 4. The van der Waals surface area contributed by atoms with Crippen LogP contribution in [0.25, 0.3) is 4.85 Å². The van der Waals surface area contributed by atoms with Crippen LogP contribution in [0.4, 0.5) is 10.1 Å². The van der Waals surface area contributed by atoms with Crippen LogP contribution in [-0.4, -0.2) is 19.7 Å². The molecule has 0 aliphatic carbocycles. The third-order valence-electron chi connectivity index (χ3n) is 3.45. The first-order chi connectivity index (χ1) is 12.5. The van der Waals surface area contributed by atoms with Gasteiger partial charge in [-0.3, -0.25) is 14.2 Å². The van der Waals surface area contributed by atoms with Gasteiger partial charge in [0.25, 0.3) is 11.1 Å². The van der Waals surface area contributed by atoms with Gasteiger partial charge in [0.05, 0.1) is 30.8 Å². The van der Waals surface area contributed by atoms with Crippen molar-refractivity contribution in [2.24, 2.45) is 0 Å². The van der Waals surface area contributed by atoms with Crippen LogP contribution in [0, 0.1) is 19.3 Å². The molecule has 2 heterocycles. The summed E-state index contributed by atoms with van der Waals surface area (Å²) in [4.78, 5) is 31.0. The molecule has 0 aliphatic heterocycles. The van der Waals surface area contributed by atoms with Crippen LogP contribution in [0.5, 0.6) is 11.5 Å². The number of aromatic nitrogens is 4. The largest absolute Gasteiger partial charge is 0.451 e. The van der Waals surface area contributed by atoms with Gasteiger partial charge in [-0.2, -0.15) is 5.10 Å². The van der Waals surface area contributed by atoms with E-state index in [0.717, 1.165) is 12.1 Å².